The second-order valence-corrected chi connectivity index (χ2v) is 3.89. The predicted molar refractivity (Wildman–Crippen MR) is 61.6 cm³/mol. The third-order valence-corrected chi connectivity index (χ3v) is 2.77. The lowest BCUT2D eigenvalue weighted by atomic mass is 10.1. The van der Waals surface area contributed by atoms with Crippen LogP contribution in [-0.2, 0) is 0 Å². The lowest BCUT2D eigenvalue weighted by Gasteiger charge is -2.35. The van der Waals surface area contributed by atoms with Crippen molar-refractivity contribution in [2.75, 3.05) is 33.7 Å². The normalized spacial score (nSPS) is 23.3. The van der Waals surface area contributed by atoms with Crippen molar-refractivity contribution in [1.29, 1.82) is 0 Å². The first-order chi connectivity index (χ1) is 6.69. The topological polar surface area (TPSA) is 18.8 Å². The lowest BCUT2D eigenvalue weighted by molar-refractivity contribution is 0.261. The number of aliphatic imine (C=N–C) groups is 1. The Labute approximate surface area is 87.1 Å². The Morgan fingerprint density at radius 3 is 2.79 bits per heavy atom. The molecule has 0 spiro atoms. The minimum atomic E-state index is 1.05. The third-order valence-electron chi connectivity index (χ3n) is 2.77. The standard InChI is InChI=1S/C11H21N3/c1-5-10(2)11-8-13(4)6-7-14(11)9-12-3/h9H,5-8H2,1-4H3/b11-10+,12-9-. The molecule has 0 aromatic carbocycles. The van der Waals surface area contributed by atoms with Crippen LogP contribution in [0.1, 0.15) is 20.3 Å². The summed E-state index contributed by atoms with van der Waals surface area (Å²) in [4.78, 5) is 8.73. The van der Waals surface area contributed by atoms with Gasteiger partial charge < -0.3 is 4.90 Å². The molecular formula is C11H21N3. The average Bonchev–Trinajstić information content (AvgIpc) is 2.20. The summed E-state index contributed by atoms with van der Waals surface area (Å²) in [5, 5.41) is 0. The fraction of sp³-hybridized carbons (Fsp3) is 0.727. The Morgan fingerprint density at radius 2 is 2.21 bits per heavy atom. The van der Waals surface area contributed by atoms with Crippen molar-refractivity contribution >= 4 is 6.34 Å². The van der Waals surface area contributed by atoms with Gasteiger partial charge in [-0.05, 0) is 20.4 Å². The molecule has 1 heterocycles. The van der Waals surface area contributed by atoms with Gasteiger partial charge in [0.15, 0.2) is 0 Å². The van der Waals surface area contributed by atoms with Gasteiger partial charge in [0.2, 0.25) is 0 Å². The highest BCUT2D eigenvalue weighted by atomic mass is 15.3. The Bertz CT molecular complexity index is 243. The highest BCUT2D eigenvalue weighted by Crippen LogP contribution is 2.16. The summed E-state index contributed by atoms with van der Waals surface area (Å²) in [6.07, 6.45) is 3.07. The number of nitrogens with zero attached hydrogens (tertiary/aromatic N) is 3. The van der Waals surface area contributed by atoms with Crippen LogP contribution >= 0.6 is 0 Å². The highest BCUT2D eigenvalue weighted by molar-refractivity contribution is 5.58. The van der Waals surface area contributed by atoms with E-state index in [1.807, 2.05) is 13.4 Å². The molecule has 0 amide bonds. The van der Waals surface area contributed by atoms with E-state index in [1.54, 1.807) is 0 Å². The second-order valence-electron chi connectivity index (χ2n) is 3.89. The van der Waals surface area contributed by atoms with E-state index in [2.05, 4.69) is 35.7 Å². The number of piperazine rings is 1. The number of rotatable bonds is 2. The third kappa shape index (κ3) is 2.58. The van der Waals surface area contributed by atoms with Crippen LogP contribution in [0.3, 0.4) is 0 Å². The molecule has 0 saturated carbocycles. The molecule has 1 aliphatic rings. The van der Waals surface area contributed by atoms with Crippen molar-refractivity contribution in [2.24, 2.45) is 4.99 Å². The molecule has 0 bridgehead atoms. The summed E-state index contributed by atoms with van der Waals surface area (Å²) in [5.41, 5.74) is 2.89. The molecule has 80 valence electrons. The van der Waals surface area contributed by atoms with Crippen LogP contribution in [-0.4, -0.2) is 49.9 Å². The maximum absolute atomic E-state index is 4.10. The molecule has 0 aliphatic carbocycles. The van der Waals surface area contributed by atoms with Crippen LogP contribution in [0.2, 0.25) is 0 Å². The van der Waals surface area contributed by atoms with Gasteiger partial charge in [0.1, 0.15) is 0 Å². The molecule has 1 aliphatic heterocycles. The minimum Gasteiger partial charge on any atom is -0.334 e. The molecular weight excluding hydrogens is 174 g/mol. The van der Waals surface area contributed by atoms with E-state index in [1.165, 1.54) is 11.3 Å². The fourth-order valence-electron chi connectivity index (χ4n) is 1.69. The summed E-state index contributed by atoms with van der Waals surface area (Å²) < 4.78 is 0. The summed E-state index contributed by atoms with van der Waals surface area (Å²) in [6, 6.07) is 0. The monoisotopic (exact) mass is 195 g/mol. The van der Waals surface area contributed by atoms with Crippen molar-refractivity contribution in [2.45, 2.75) is 20.3 Å². The molecule has 0 N–H and O–H groups in total. The van der Waals surface area contributed by atoms with Crippen molar-refractivity contribution in [3.8, 4) is 0 Å². The molecule has 0 aromatic rings. The Balaban J connectivity index is 2.84. The van der Waals surface area contributed by atoms with E-state index < -0.39 is 0 Å². The van der Waals surface area contributed by atoms with Gasteiger partial charge in [-0.3, -0.25) is 9.89 Å². The fourth-order valence-corrected chi connectivity index (χ4v) is 1.69. The van der Waals surface area contributed by atoms with Crippen molar-refractivity contribution < 1.29 is 0 Å². The Morgan fingerprint density at radius 1 is 1.50 bits per heavy atom. The molecule has 0 radical (unpaired) electrons. The van der Waals surface area contributed by atoms with E-state index >= 15 is 0 Å². The van der Waals surface area contributed by atoms with Crippen LogP contribution in [0, 0.1) is 0 Å². The molecule has 0 atom stereocenters. The molecule has 0 aromatic heterocycles. The van der Waals surface area contributed by atoms with Crippen LogP contribution in [0.15, 0.2) is 16.3 Å². The van der Waals surface area contributed by atoms with E-state index in [0.29, 0.717) is 0 Å². The van der Waals surface area contributed by atoms with Gasteiger partial charge in [0.05, 0.1) is 6.34 Å². The summed E-state index contributed by atoms with van der Waals surface area (Å²) in [5.74, 6) is 0. The van der Waals surface area contributed by atoms with Crippen LogP contribution in [0.5, 0.6) is 0 Å². The number of hydrogen-bond donors (Lipinski definition) is 0. The number of hydrogen-bond acceptors (Lipinski definition) is 2. The SMILES string of the molecule is CC/C(C)=C1\CN(C)CCN1/C=N\C. The largest absolute Gasteiger partial charge is 0.334 e. The van der Waals surface area contributed by atoms with Crippen molar-refractivity contribution in [3.63, 3.8) is 0 Å². The maximum atomic E-state index is 4.10. The van der Waals surface area contributed by atoms with E-state index in [0.717, 1.165) is 26.1 Å². The Hall–Kier alpha value is -0.830. The van der Waals surface area contributed by atoms with Gasteiger partial charge in [-0.2, -0.15) is 0 Å². The van der Waals surface area contributed by atoms with Gasteiger partial charge in [-0.1, -0.05) is 12.5 Å². The van der Waals surface area contributed by atoms with Crippen LogP contribution in [0.25, 0.3) is 0 Å². The highest BCUT2D eigenvalue weighted by Gasteiger charge is 2.18. The number of likely N-dealkylation sites (N-methyl/N-ethyl adjacent to an activating group) is 1. The molecule has 14 heavy (non-hydrogen) atoms. The van der Waals surface area contributed by atoms with Gasteiger partial charge in [-0.15, -0.1) is 0 Å². The molecule has 1 rings (SSSR count). The van der Waals surface area contributed by atoms with Gasteiger partial charge >= 0.3 is 0 Å². The molecule has 1 saturated heterocycles. The molecule has 3 heteroatoms. The van der Waals surface area contributed by atoms with E-state index in [-0.39, 0.29) is 0 Å². The van der Waals surface area contributed by atoms with E-state index in [9.17, 15) is 0 Å². The lowest BCUT2D eigenvalue weighted by Crippen LogP contribution is -2.42. The summed E-state index contributed by atoms with van der Waals surface area (Å²) in [6.45, 7) is 7.64. The van der Waals surface area contributed by atoms with Gasteiger partial charge in [0.25, 0.3) is 0 Å². The first-order valence-electron chi connectivity index (χ1n) is 5.25. The van der Waals surface area contributed by atoms with Crippen molar-refractivity contribution in [3.05, 3.63) is 11.3 Å². The second kappa shape index (κ2) is 5.15. The number of allylic oxidation sites excluding steroid dienone is 1. The first kappa shape index (κ1) is 11.2. The van der Waals surface area contributed by atoms with Crippen LogP contribution < -0.4 is 0 Å². The minimum absolute atomic E-state index is 1.05. The van der Waals surface area contributed by atoms with Crippen LogP contribution in [0.4, 0.5) is 0 Å². The zero-order valence-electron chi connectivity index (χ0n) is 9.75. The summed E-state index contributed by atoms with van der Waals surface area (Å²) in [7, 11) is 4.00. The zero-order chi connectivity index (χ0) is 10.6. The molecule has 0 unspecified atom stereocenters. The first-order valence-corrected chi connectivity index (χ1v) is 5.25. The predicted octanol–water partition coefficient (Wildman–Crippen LogP) is 1.58. The van der Waals surface area contributed by atoms with E-state index in [4.69, 9.17) is 0 Å². The molecule has 3 nitrogen and oxygen atoms in total. The average molecular weight is 195 g/mol. The molecule has 1 fully saturated rings. The van der Waals surface area contributed by atoms with Crippen molar-refractivity contribution in [1.82, 2.24) is 9.80 Å². The smallest absolute Gasteiger partial charge is 0.0889 e. The Kier molecular flexibility index (Phi) is 4.14. The summed E-state index contributed by atoms with van der Waals surface area (Å²) >= 11 is 0. The maximum Gasteiger partial charge on any atom is 0.0889 e. The van der Waals surface area contributed by atoms with Gasteiger partial charge in [-0.25, -0.2) is 0 Å². The quantitative estimate of drug-likeness (QED) is 0.492. The van der Waals surface area contributed by atoms with Gasteiger partial charge in [0, 0.05) is 32.4 Å². The zero-order valence-corrected chi connectivity index (χ0v) is 9.75.